The first kappa shape index (κ1) is 58.6. The quantitative estimate of drug-likeness (QED) is 0.147. The Morgan fingerprint density at radius 2 is 0.474 bits per heavy atom. The fourth-order valence-electron chi connectivity index (χ4n) is 8.42. The highest BCUT2D eigenvalue weighted by Crippen LogP contribution is 2.69. The minimum atomic E-state index is -6.37. The van der Waals surface area contributed by atoms with Gasteiger partial charge in [-0.15, -0.1) is 0 Å². The SMILES string of the molecule is FC(F)(F)c1cc(N(c2ccc(C3(C(F)(F)F)c4ccc(N(c5cc(C(F)(F)F)cc(C(F)(F)F)c5)c5cc(C(F)(F)F)cc(C(F)(F)F)c5)cc4C3(F)F)cc2)c2cc(C(F)(F)F)cc(C(F)(F)F)c2)cc(C(F)(F)F)c1. The van der Waals surface area contributed by atoms with E-state index in [2.05, 4.69) is 0 Å². The summed E-state index contributed by atoms with van der Waals surface area (Å²) >= 11 is 0. The summed E-state index contributed by atoms with van der Waals surface area (Å²) in [5.74, 6) is -5.56. The van der Waals surface area contributed by atoms with Crippen LogP contribution in [0.25, 0.3) is 0 Å². The average molecular weight is 1160 g/mol. The molecular formula is C47H19F29N2. The maximum atomic E-state index is 16.8. The lowest BCUT2D eigenvalue weighted by Crippen LogP contribution is -2.62. The van der Waals surface area contributed by atoms with E-state index in [-0.39, 0.29) is 101 Å². The summed E-state index contributed by atoms with van der Waals surface area (Å²) in [7, 11) is 0. The number of hydrogen-bond acceptors (Lipinski definition) is 2. The Kier molecular flexibility index (Phi) is 13.7. The molecule has 0 saturated carbocycles. The molecule has 0 spiro atoms. The number of benzene rings is 6. The van der Waals surface area contributed by atoms with Crippen molar-refractivity contribution in [3.05, 3.63) is 176 Å². The summed E-state index contributed by atoms with van der Waals surface area (Å²) in [5.41, 5.74) is -37.7. The first-order chi connectivity index (χ1) is 35.1. The molecule has 0 radical (unpaired) electrons. The smallest absolute Gasteiger partial charge is 0.310 e. The van der Waals surface area contributed by atoms with Gasteiger partial charge in [-0.25, -0.2) is 0 Å². The summed E-state index contributed by atoms with van der Waals surface area (Å²) in [6.07, 6.45) is -52.8. The zero-order valence-electron chi connectivity index (χ0n) is 36.8. The molecule has 1 aliphatic carbocycles. The first-order valence-electron chi connectivity index (χ1n) is 20.6. The van der Waals surface area contributed by atoms with Gasteiger partial charge < -0.3 is 9.80 Å². The highest BCUT2D eigenvalue weighted by atomic mass is 19.4. The van der Waals surface area contributed by atoms with Crippen molar-refractivity contribution in [2.75, 3.05) is 9.80 Å². The van der Waals surface area contributed by atoms with Crippen LogP contribution in [0.3, 0.4) is 0 Å². The molecule has 2 nitrogen and oxygen atoms in total. The number of nitrogens with zero attached hydrogens (tertiary/aromatic N) is 2. The van der Waals surface area contributed by atoms with Crippen LogP contribution in [0.5, 0.6) is 0 Å². The Morgan fingerprint density at radius 1 is 0.244 bits per heavy atom. The molecule has 0 amide bonds. The van der Waals surface area contributed by atoms with Gasteiger partial charge in [-0.05, 0) is 108 Å². The Balaban J connectivity index is 1.49. The minimum Gasteiger partial charge on any atom is -0.310 e. The predicted molar refractivity (Wildman–Crippen MR) is 213 cm³/mol. The molecule has 7 rings (SSSR count). The van der Waals surface area contributed by atoms with Crippen LogP contribution in [0.1, 0.15) is 61.2 Å². The van der Waals surface area contributed by atoms with E-state index in [9.17, 15) is 105 Å². The van der Waals surface area contributed by atoms with Gasteiger partial charge in [0.2, 0.25) is 0 Å². The lowest BCUT2D eigenvalue weighted by molar-refractivity contribution is -0.267. The van der Waals surface area contributed by atoms with E-state index in [0.29, 0.717) is 0 Å². The van der Waals surface area contributed by atoms with Crippen molar-refractivity contribution in [3.63, 3.8) is 0 Å². The zero-order valence-corrected chi connectivity index (χ0v) is 36.8. The van der Waals surface area contributed by atoms with Crippen LogP contribution in [0, 0.1) is 0 Å². The van der Waals surface area contributed by atoms with Crippen LogP contribution >= 0.6 is 0 Å². The summed E-state index contributed by atoms with van der Waals surface area (Å²) in [6, 6.07) is -4.45. The van der Waals surface area contributed by atoms with E-state index in [0.717, 1.165) is 0 Å². The van der Waals surface area contributed by atoms with Crippen LogP contribution in [0.15, 0.2) is 115 Å². The van der Waals surface area contributed by atoms with Gasteiger partial charge in [0.1, 0.15) is 0 Å². The Hall–Kier alpha value is -7.11. The van der Waals surface area contributed by atoms with Crippen molar-refractivity contribution in [3.8, 4) is 0 Å². The average Bonchev–Trinajstić information content (AvgIpc) is 3.27. The Morgan fingerprint density at radius 3 is 0.705 bits per heavy atom. The number of hydrogen-bond donors (Lipinski definition) is 0. The highest BCUT2D eigenvalue weighted by Gasteiger charge is 2.79. The molecule has 0 heterocycles. The summed E-state index contributed by atoms with van der Waals surface area (Å²) in [6.45, 7) is 0. The molecule has 0 bridgehead atoms. The third-order valence-electron chi connectivity index (χ3n) is 11.8. The molecular weight excluding hydrogens is 1140 g/mol. The van der Waals surface area contributed by atoms with E-state index in [1.54, 1.807) is 0 Å². The molecule has 6 aromatic rings. The van der Waals surface area contributed by atoms with Gasteiger partial charge in [-0.2, -0.15) is 127 Å². The second-order valence-corrected chi connectivity index (χ2v) is 16.8. The lowest BCUT2D eigenvalue weighted by atomic mass is 9.56. The van der Waals surface area contributed by atoms with Gasteiger partial charge >= 0.3 is 55.6 Å². The van der Waals surface area contributed by atoms with Crippen molar-refractivity contribution in [2.24, 2.45) is 0 Å². The van der Waals surface area contributed by atoms with E-state index in [4.69, 9.17) is 0 Å². The maximum absolute atomic E-state index is 16.8. The van der Waals surface area contributed by atoms with Gasteiger partial charge in [0.25, 0.3) is 5.92 Å². The van der Waals surface area contributed by atoms with E-state index >= 15 is 22.0 Å². The molecule has 78 heavy (non-hydrogen) atoms. The molecule has 1 unspecified atom stereocenters. The van der Waals surface area contributed by atoms with Crippen LogP contribution in [0.2, 0.25) is 0 Å². The Bertz CT molecular complexity index is 2970. The fourth-order valence-corrected chi connectivity index (χ4v) is 8.42. The maximum Gasteiger partial charge on any atom is 0.416 e. The predicted octanol–water partition coefficient (Wildman–Crippen LogP) is 19.7. The van der Waals surface area contributed by atoms with Crippen LogP contribution < -0.4 is 9.80 Å². The highest BCUT2D eigenvalue weighted by molar-refractivity contribution is 5.82. The zero-order chi connectivity index (χ0) is 58.9. The number of halogens is 29. The largest absolute Gasteiger partial charge is 0.416 e. The van der Waals surface area contributed by atoms with E-state index in [1.165, 1.54) is 0 Å². The minimum absolute atomic E-state index is 0.0120. The van der Waals surface area contributed by atoms with Gasteiger partial charge in [0.15, 0.2) is 5.41 Å². The molecule has 0 aromatic heterocycles. The number of anilines is 6. The van der Waals surface area contributed by atoms with Crippen molar-refractivity contribution in [2.45, 2.75) is 66.9 Å². The second-order valence-electron chi connectivity index (χ2n) is 16.8. The van der Waals surface area contributed by atoms with Gasteiger partial charge in [0.05, 0.1) is 44.5 Å². The topological polar surface area (TPSA) is 6.48 Å². The first-order valence-corrected chi connectivity index (χ1v) is 20.6. The fraction of sp³-hybridized carbons (Fsp3) is 0.234. The molecule has 1 aliphatic rings. The van der Waals surface area contributed by atoms with Crippen LogP contribution in [0.4, 0.5) is 161 Å². The lowest BCUT2D eigenvalue weighted by Gasteiger charge is -2.51. The molecule has 0 fully saturated rings. The Labute approximate surface area is 414 Å². The summed E-state index contributed by atoms with van der Waals surface area (Å²) in [5, 5.41) is 0. The molecule has 0 aliphatic heterocycles. The van der Waals surface area contributed by atoms with E-state index < -0.39 is 187 Å². The van der Waals surface area contributed by atoms with E-state index in [1.807, 2.05) is 0 Å². The van der Waals surface area contributed by atoms with Gasteiger partial charge in [-0.3, -0.25) is 0 Å². The second kappa shape index (κ2) is 18.2. The molecule has 0 saturated heterocycles. The monoisotopic (exact) mass is 1160 g/mol. The number of alkyl halides is 29. The summed E-state index contributed by atoms with van der Waals surface area (Å²) < 4.78 is 417. The molecule has 0 N–H and O–H groups in total. The molecule has 1 atom stereocenters. The van der Waals surface area contributed by atoms with Gasteiger partial charge in [0, 0.05) is 39.7 Å². The number of fused-ring (bicyclic) bond motifs is 1. The van der Waals surface area contributed by atoms with Gasteiger partial charge in [-0.1, -0.05) is 18.2 Å². The standard InChI is InChI=1S/C47H19F29N2/c48-38(49)36-19-30(78(33-15-25(43(62,63)64)9-26(16-33)44(65,66)67)34-17-27(45(68,69)70)10-28(18-34)46(71,72)73)5-6-35(36)37(38,47(74,75)76)20-1-3-29(4-2-20)77(31-11-21(39(50,51)52)7-22(12-31)40(53,54)55)32-13-23(41(56,57)58)8-24(14-32)42(59,60)61/h1-19H. The van der Waals surface area contributed by atoms with Crippen molar-refractivity contribution < 1.29 is 127 Å². The number of rotatable bonds is 7. The third kappa shape index (κ3) is 10.7. The third-order valence-corrected chi connectivity index (χ3v) is 11.8. The van der Waals surface area contributed by atoms with Crippen molar-refractivity contribution in [1.82, 2.24) is 0 Å². The van der Waals surface area contributed by atoms with Crippen molar-refractivity contribution >= 4 is 34.1 Å². The van der Waals surface area contributed by atoms with Crippen LogP contribution in [-0.2, 0) is 60.7 Å². The van der Waals surface area contributed by atoms with Crippen LogP contribution in [-0.4, -0.2) is 6.18 Å². The molecule has 420 valence electrons. The normalized spacial score (nSPS) is 16.7. The molecule has 6 aromatic carbocycles. The van der Waals surface area contributed by atoms with Crippen molar-refractivity contribution in [1.29, 1.82) is 0 Å². The molecule has 31 heteroatoms. The summed E-state index contributed by atoms with van der Waals surface area (Å²) in [4.78, 5) is -0.499.